The molecule has 5 nitrogen and oxygen atoms in total. The molecule has 3 fully saturated rings. The predicted molar refractivity (Wildman–Crippen MR) is 122 cm³/mol. The van der Waals surface area contributed by atoms with Gasteiger partial charge in [0, 0.05) is 30.7 Å². The molecule has 1 N–H and O–H groups in total. The molecule has 4 rings (SSSR count). The molecule has 5 heteroatoms. The van der Waals surface area contributed by atoms with Crippen LogP contribution in [0.3, 0.4) is 0 Å². The van der Waals surface area contributed by atoms with E-state index in [9.17, 15) is 14.7 Å². The summed E-state index contributed by atoms with van der Waals surface area (Å²) in [4.78, 5) is 29.0. The van der Waals surface area contributed by atoms with Gasteiger partial charge >= 0.3 is 5.97 Å². The highest BCUT2D eigenvalue weighted by molar-refractivity contribution is 5.93. The molecule has 1 saturated carbocycles. The van der Waals surface area contributed by atoms with Crippen LogP contribution in [0.15, 0.2) is 30.3 Å². The maximum Gasteiger partial charge on any atom is 0.312 e. The molecule has 3 aliphatic rings. The van der Waals surface area contributed by atoms with Crippen LogP contribution in [0, 0.1) is 0 Å². The highest BCUT2D eigenvalue weighted by atomic mass is 16.4. The summed E-state index contributed by atoms with van der Waals surface area (Å²) in [6.45, 7) is 0.514. The fourth-order valence-corrected chi connectivity index (χ4v) is 6.40. The number of rotatable bonds is 6. The molecular formula is C26H38N2O3. The number of carboxylic acids is 1. The Labute approximate surface area is 186 Å². The van der Waals surface area contributed by atoms with Crippen LogP contribution in [0.1, 0.15) is 89.0 Å². The molecule has 1 aromatic carbocycles. The standard InChI is InChI=1S/C26H38N2O3/c29-25(18-26(30)31)27(19-20-10-5-4-6-11-20)24-16-22-14-9-15-23(17-24)28(22)21-12-7-2-1-3-8-13-21/h4-6,10-11,21-24H,1-3,7-9,12-19H2,(H,30,31)/t22-,23+,24+. The fraction of sp³-hybridized carbons (Fsp3) is 0.692. The van der Waals surface area contributed by atoms with E-state index in [1.165, 1.54) is 64.2 Å². The summed E-state index contributed by atoms with van der Waals surface area (Å²) in [5.74, 6) is -1.27. The number of carbonyl (C=O) groups excluding carboxylic acids is 1. The van der Waals surface area contributed by atoms with Gasteiger partial charge in [0.1, 0.15) is 6.42 Å². The van der Waals surface area contributed by atoms with E-state index >= 15 is 0 Å². The maximum atomic E-state index is 13.0. The predicted octanol–water partition coefficient (Wildman–Crippen LogP) is 4.99. The van der Waals surface area contributed by atoms with Crippen molar-refractivity contribution in [3.8, 4) is 0 Å². The monoisotopic (exact) mass is 426 g/mol. The Hall–Kier alpha value is -1.88. The molecule has 0 radical (unpaired) electrons. The number of hydrogen-bond donors (Lipinski definition) is 1. The number of hydrogen-bond acceptors (Lipinski definition) is 3. The number of benzene rings is 1. The molecule has 3 atom stereocenters. The largest absolute Gasteiger partial charge is 0.481 e. The number of nitrogens with zero attached hydrogens (tertiary/aromatic N) is 2. The van der Waals surface area contributed by atoms with Crippen LogP contribution in [0.2, 0.25) is 0 Å². The molecule has 0 spiro atoms. The van der Waals surface area contributed by atoms with Crippen molar-refractivity contribution >= 4 is 11.9 Å². The average Bonchev–Trinajstić information content (AvgIpc) is 2.71. The lowest BCUT2D eigenvalue weighted by atomic mass is 9.78. The molecule has 2 heterocycles. The minimum Gasteiger partial charge on any atom is -0.481 e. The van der Waals surface area contributed by atoms with Crippen LogP contribution >= 0.6 is 0 Å². The lowest BCUT2D eigenvalue weighted by Gasteiger charge is -2.54. The number of fused-ring (bicyclic) bond motifs is 2. The van der Waals surface area contributed by atoms with E-state index in [0.29, 0.717) is 24.7 Å². The van der Waals surface area contributed by atoms with Crippen LogP contribution < -0.4 is 0 Å². The summed E-state index contributed by atoms with van der Waals surface area (Å²) in [6.07, 6.45) is 14.8. The Bertz CT molecular complexity index is 715. The summed E-state index contributed by atoms with van der Waals surface area (Å²) in [7, 11) is 0. The summed E-state index contributed by atoms with van der Waals surface area (Å²) in [6, 6.07) is 11.9. The van der Waals surface area contributed by atoms with Gasteiger partial charge in [-0.15, -0.1) is 0 Å². The Morgan fingerprint density at radius 3 is 2.03 bits per heavy atom. The average molecular weight is 427 g/mol. The second-order valence-electron chi connectivity index (χ2n) is 9.89. The molecule has 1 aliphatic carbocycles. The van der Waals surface area contributed by atoms with Crippen molar-refractivity contribution < 1.29 is 14.7 Å². The van der Waals surface area contributed by atoms with Crippen molar-refractivity contribution in [2.45, 2.75) is 114 Å². The van der Waals surface area contributed by atoms with Gasteiger partial charge < -0.3 is 10.0 Å². The maximum absolute atomic E-state index is 13.0. The van der Waals surface area contributed by atoms with Crippen molar-refractivity contribution in [1.29, 1.82) is 0 Å². The molecule has 2 bridgehead atoms. The van der Waals surface area contributed by atoms with Gasteiger partial charge in [0.25, 0.3) is 0 Å². The van der Waals surface area contributed by atoms with Gasteiger partial charge in [0.2, 0.25) is 5.91 Å². The van der Waals surface area contributed by atoms with Gasteiger partial charge in [-0.25, -0.2) is 0 Å². The number of carbonyl (C=O) groups is 2. The third kappa shape index (κ3) is 5.68. The van der Waals surface area contributed by atoms with Crippen LogP contribution in [-0.2, 0) is 16.1 Å². The SMILES string of the molecule is O=C(O)CC(=O)N(Cc1ccccc1)[C@H]1C[C@H]2CCC[C@@H](C1)N2C1CCCCCCC1. The highest BCUT2D eigenvalue weighted by Crippen LogP contribution is 2.40. The third-order valence-electron chi connectivity index (χ3n) is 7.76. The highest BCUT2D eigenvalue weighted by Gasteiger charge is 2.43. The Morgan fingerprint density at radius 1 is 0.839 bits per heavy atom. The van der Waals surface area contributed by atoms with Gasteiger partial charge in [0.15, 0.2) is 0 Å². The molecular weight excluding hydrogens is 388 g/mol. The molecule has 2 saturated heterocycles. The Balaban J connectivity index is 1.51. The first-order chi connectivity index (χ1) is 15.1. The molecule has 0 unspecified atom stereocenters. The zero-order valence-corrected chi connectivity index (χ0v) is 18.8. The molecule has 0 aromatic heterocycles. The Morgan fingerprint density at radius 2 is 1.42 bits per heavy atom. The van der Waals surface area contributed by atoms with E-state index < -0.39 is 12.4 Å². The number of piperidine rings is 2. The van der Waals surface area contributed by atoms with E-state index in [1.807, 2.05) is 35.2 Å². The van der Waals surface area contributed by atoms with E-state index in [0.717, 1.165) is 18.4 Å². The minimum absolute atomic E-state index is 0.146. The molecule has 170 valence electrons. The topological polar surface area (TPSA) is 60.9 Å². The summed E-state index contributed by atoms with van der Waals surface area (Å²) >= 11 is 0. The first kappa shape index (κ1) is 22.3. The Kier molecular flexibility index (Phi) is 7.65. The van der Waals surface area contributed by atoms with Crippen LogP contribution in [0.4, 0.5) is 0 Å². The lowest BCUT2D eigenvalue weighted by molar-refractivity contribution is -0.147. The number of amides is 1. The van der Waals surface area contributed by atoms with Gasteiger partial charge in [-0.3, -0.25) is 14.5 Å². The van der Waals surface area contributed by atoms with Gasteiger partial charge in [0.05, 0.1) is 0 Å². The van der Waals surface area contributed by atoms with Crippen molar-refractivity contribution in [2.24, 2.45) is 0 Å². The summed E-state index contributed by atoms with van der Waals surface area (Å²) in [5, 5.41) is 9.26. The lowest BCUT2D eigenvalue weighted by Crippen LogP contribution is -2.60. The molecule has 1 aromatic rings. The summed E-state index contributed by atoms with van der Waals surface area (Å²) in [5.41, 5.74) is 1.08. The van der Waals surface area contributed by atoms with Crippen LogP contribution in [0.5, 0.6) is 0 Å². The second-order valence-corrected chi connectivity index (χ2v) is 9.89. The van der Waals surface area contributed by atoms with Gasteiger partial charge in [-0.2, -0.15) is 0 Å². The van der Waals surface area contributed by atoms with Crippen LogP contribution in [-0.4, -0.2) is 51.0 Å². The zero-order valence-electron chi connectivity index (χ0n) is 18.8. The van der Waals surface area contributed by atoms with E-state index in [1.54, 1.807) is 0 Å². The van der Waals surface area contributed by atoms with Crippen LogP contribution in [0.25, 0.3) is 0 Å². The van der Waals surface area contributed by atoms with E-state index in [4.69, 9.17) is 0 Å². The van der Waals surface area contributed by atoms with E-state index in [2.05, 4.69) is 4.90 Å². The summed E-state index contributed by atoms with van der Waals surface area (Å²) < 4.78 is 0. The molecule has 1 amide bonds. The molecule has 2 aliphatic heterocycles. The number of carboxylic acid groups (broad SMARTS) is 1. The van der Waals surface area contributed by atoms with Gasteiger partial charge in [-0.1, -0.05) is 68.9 Å². The van der Waals surface area contributed by atoms with Crippen molar-refractivity contribution in [2.75, 3.05) is 0 Å². The minimum atomic E-state index is -1.03. The first-order valence-electron chi connectivity index (χ1n) is 12.4. The zero-order chi connectivity index (χ0) is 21.6. The molecule has 31 heavy (non-hydrogen) atoms. The van der Waals surface area contributed by atoms with Crippen molar-refractivity contribution in [1.82, 2.24) is 9.80 Å². The first-order valence-corrected chi connectivity index (χ1v) is 12.4. The normalized spacial score (nSPS) is 27.8. The van der Waals surface area contributed by atoms with Crippen molar-refractivity contribution in [3.05, 3.63) is 35.9 Å². The van der Waals surface area contributed by atoms with Crippen molar-refractivity contribution in [3.63, 3.8) is 0 Å². The van der Waals surface area contributed by atoms with Gasteiger partial charge in [-0.05, 0) is 44.1 Å². The van der Waals surface area contributed by atoms with E-state index in [-0.39, 0.29) is 11.9 Å². The smallest absolute Gasteiger partial charge is 0.312 e. The third-order valence-corrected chi connectivity index (χ3v) is 7.76. The second kappa shape index (κ2) is 10.6. The number of aliphatic carboxylic acids is 1. The quantitative estimate of drug-likeness (QED) is 0.651. The fourth-order valence-electron chi connectivity index (χ4n) is 6.40.